The molecule has 0 aliphatic carbocycles. The fourth-order valence-corrected chi connectivity index (χ4v) is 2.81. The minimum absolute atomic E-state index is 0.00716. The molecule has 1 heterocycles. The lowest BCUT2D eigenvalue weighted by atomic mass is 10.0. The van der Waals surface area contributed by atoms with Crippen molar-refractivity contribution in [1.29, 1.82) is 0 Å². The molecule has 1 aromatic heterocycles. The third kappa shape index (κ3) is 4.93. The first kappa shape index (κ1) is 17.2. The SMILES string of the molecule is Cc1ccc(C(=O)NC(C(=O)NCc2cccs2)C(C)C)cc1. The maximum absolute atomic E-state index is 12.4. The number of nitrogens with one attached hydrogen (secondary N) is 2. The maximum atomic E-state index is 12.4. The van der Waals surface area contributed by atoms with E-state index in [1.54, 1.807) is 23.5 Å². The summed E-state index contributed by atoms with van der Waals surface area (Å²) >= 11 is 1.60. The molecule has 0 aliphatic heterocycles. The van der Waals surface area contributed by atoms with Crippen LogP contribution in [-0.2, 0) is 11.3 Å². The monoisotopic (exact) mass is 330 g/mol. The van der Waals surface area contributed by atoms with Crippen molar-refractivity contribution in [2.75, 3.05) is 0 Å². The molecule has 2 aromatic rings. The molecule has 1 unspecified atom stereocenters. The molecule has 0 saturated heterocycles. The Balaban J connectivity index is 1.98. The van der Waals surface area contributed by atoms with Crippen molar-refractivity contribution < 1.29 is 9.59 Å². The fraction of sp³-hybridized carbons (Fsp3) is 0.333. The van der Waals surface area contributed by atoms with Gasteiger partial charge < -0.3 is 10.6 Å². The third-order valence-electron chi connectivity index (χ3n) is 3.57. The summed E-state index contributed by atoms with van der Waals surface area (Å²) in [5.74, 6) is -0.378. The molecule has 0 spiro atoms. The number of thiophene rings is 1. The number of hydrogen-bond donors (Lipinski definition) is 2. The van der Waals surface area contributed by atoms with E-state index >= 15 is 0 Å². The van der Waals surface area contributed by atoms with Gasteiger partial charge in [-0.05, 0) is 36.4 Å². The van der Waals surface area contributed by atoms with E-state index in [0.29, 0.717) is 12.1 Å². The van der Waals surface area contributed by atoms with E-state index in [-0.39, 0.29) is 17.7 Å². The molecular formula is C18H22N2O2S. The molecule has 2 amide bonds. The maximum Gasteiger partial charge on any atom is 0.251 e. The largest absolute Gasteiger partial charge is 0.349 e. The Kier molecular flexibility index (Phi) is 5.93. The van der Waals surface area contributed by atoms with Gasteiger partial charge in [-0.2, -0.15) is 0 Å². The summed E-state index contributed by atoms with van der Waals surface area (Å²) in [4.78, 5) is 25.8. The summed E-state index contributed by atoms with van der Waals surface area (Å²) in [6, 6.07) is 10.7. The Hall–Kier alpha value is -2.14. The zero-order valence-electron chi connectivity index (χ0n) is 13.6. The first-order chi connectivity index (χ1) is 11.0. The average molecular weight is 330 g/mol. The molecular weight excluding hydrogens is 308 g/mol. The predicted octanol–water partition coefficient (Wildman–Crippen LogP) is 3.13. The summed E-state index contributed by atoms with van der Waals surface area (Å²) in [5, 5.41) is 7.70. The quantitative estimate of drug-likeness (QED) is 0.855. The molecule has 2 rings (SSSR count). The summed E-state index contributed by atoms with van der Waals surface area (Å²) in [7, 11) is 0. The molecule has 0 saturated carbocycles. The Morgan fingerprint density at radius 2 is 1.83 bits per heavy atom. The van der Waals surface area contributed by atoms with Crippen molar-refractivity contribution in [1.82, 2.24) is 10.6 Å². The van der Waals surface area contributed by atoms with Crippen LogP contribution < -0.4 is 10.6 Å². The minimum Gasteiger partial charge on any atom is -0.349 e. The highest BCUT2D eigenvalue weighted by atomic mass is 32.1. The van der Waals surface area contributed by atoms with E-state index in [2.05, 4.69) is 10.6 Å². The first-order valence-corrected chi connectivity index (χ1v) is 8.53. The van der Waals surface area contributed by atoms with Crippen molar-refractivity contribution >= 4 is 23.2 Å². The van der Waals surface area contributed by atoms with Crippen LogP contribution in [0.3, 0.4) is 0 Å². The molecule has 4 nitrogen and oxygen atoms in total. The van der Waals surface area contributed by atoms with Crippen molar-refractivity contribution in [3.8, 4) is 0 Å². The molecule has 0 bridgehead atoms. The number of rotatable bonds is 6. The van der Waals surface area contributed by atoms with E-state index in [0.717, 1.165) is 10.4 Å². The van der Waals surface area contributed by atoms with Gasteiger partial charge in [-0.15, -0.1) is 11.3 Å². The Morgan fingerprint density at radius 3 is 2.39 bits per heavy atom. The zero-order chi connectivity index (χ0) is 16.8. The van der Waals surface area contributed by atoms with Gasteiger partial charge >= 0.3 is 0 Å². The van der Waals surface area contributed by atoms with E-state index < -0.39 is 6.04 Å². The predicted molar refractivity (Wildman–Crippen MR) is 93.4 cm³/mol. The molecule has 23 heavy (non-hydrogen) atoms. The van der Waals surface area contributed by atoms with Crippen molar-refractivity contribution in [3.05, 3.63) is 57.8 Å². The van der Waals surface area contributed by atoms with Gasteiger partial charge in [-0.25, -0.2) is 0 Å². The van der Waals surface area contributed by atoms with Crippen LogP contribution in [0.4, 0.5) is 0 Å². The van der Waals surface area contributed by atoms with Crippen LogP contribution in [-0.4, -0.2) is 17.9 Å². The lowest BCUT2D eigenvalue weighted by Crippen LogP contribution is -2.49. The van der Waals surface area contributed by atoms with Gasteiger partial charge in [0.1, 0.15) is 6.04 Å². The van der Waals surface area contributed by atoms with Crippen molar-refractivity contribution in [3.63, 3.8) is 0 Å². The number of hydrogen-bond acceptors (Lipinski definition) is 3. The number of benzene rings is 1. The highest BCUT2D eigenvalue weighted by molar-refractivity contribution is 7.09. The van der Waals surface area contributed by atoms with E-state index in [1.165, 1.54) is 0 Å². The van der Waals surface area contributed by atoms with Crippen LogP contribution in [0.25, 0.3) is 0 Å². The summed E-state index contributed by atoms with van der Waals surface area (Å²) in [6.07, 6.45) is 0. The van der Waals surface area contributed by atoms with Crippen LogP contribution in [0.1, 0.15) is 34.6 Å². The second kappa shape index (κ2) is 7.92. The van der Waals surface area contributed by atoms with E-state index in [1.807, 2.05) is 50.4 Å². The van der Waals surface area contributed by atoms with Crippen LogP contribution in [0.2, 0.25) is 0 Å². The van der Waals surface area contributed by atoms with Gasteiger partial charge in [0.15, 0.2) is 0 Å². The smallest absolute Gasteiger partial charge is 0.251 e. The number of aryl methyl sites for hydroxylation is 1. The normalized spacial score (nSPS) is 12.0. The highest BCUT2D eigenvalue weighted by Gasteiger charge is 2.24. The molecule has 1 aromatic carbocycles. The minimum atomic E-state index is -0.552. The molecule has 122 valence electrons. The topological polar surface area (TPSA) is 58.2 Å². The molecule has 1 atom stereocenters. The molecule has 0 radical (unpaired) electrons. The van der Waals surface area contributed by atoms with Crippen LogP contribution in [0.5, 0.6) is 0 Å². The van der Waals surface area contributed by atoms with Gasteiger partial charge in [0.2, 0.25) is 5.91 Å². The molecule has 0 aliphatic rings. The van der Waals surface area contributed by atoms with Crippen molar-refractivity contribution in [2.24, 2.45) is 5.92 Å². The highest BCUT2D eigenvalue weighted by Crippen LogP contribution is 2.10. The zero-order valence-corrected chi connectivity index (χ0v) is 14.4. The van der Waals surface area contributed by atoms with Crippen LogP contribution in [0.15, 0.2) is 41.8 Å². The van der Waals surface area contributed by atoms with Gasteiger partial charge in [-0.1, -0.05) is 37.6 Å². The van der Waals surface area contributed by atoms with Crippen LogP contribution in [0, 0.1) is 12.8 Å². The van der Waals surface area contributed by atoms with E-state index in [9.17, 15) is 9.59 Å². The standard InChI is InChI=1S/C18H22N2O2S/c1-12(2)16(18(22)19-11-15-5-4-10-23-15)20-17(21)14-8-6-13(3)7-9-14/h4-10,12,16H,11H2,1-3H3,(H,19,22)(H,20,21). The Labute approximate surface area is 140 Å². The van der Waals surface area contributed by atoms with Crippen molar-refractivity contribution in [2.45, 2.75) is 33.4 Å². The summed E-state index contributed by atoms with van der Waals surface area (Å²) < 4.78 is 0. The average Bonchev–Trinajstić information content (AvgIpc) is 3.03. The lowest BCUT2D eigenvalue weighted by molar-refractivity contribution is -0.124. The van der Waals surface area contributed by atoms with Gasteiger partial charge in [0, 0.05) is 10.4 Å². The molecule has 2 N–H and O–H groups in total. The fourth-order valence-electron chi connectivity index (χ4n) is 2.16. The van der Waals surface area contributed by atoms with E-state index in [4.69, 9.17) is 0 Å². The molecule has 5 heteroatoms. The van der Waals surface area contributed by atoms with Gasteiger partial charge in [0.05, 0.1) is 6.54 Å². The second-order valence-corrected chi connectivity index (χ2v) is 6.89. The number of carbonyl (C=O) groups excluding carboxylic acids is 2. The van der Waals surface area contributed by atoms with Gasteiger partial charge in [-0.3, -0.25) is 9.59 Å². The second-order valence-electron chi connectivity index (χ2n) is 5.86. The Morgan fingerprint density at radius 1 is 1.13 bits per heavy atom. The summed E-state index contributed by atoms with van der Waals surface area (Å²) in [6.45, 7) is 6.30. The number of amides is 2. The Bertz CT molecular complexity index is 648. The van der Waals surface area contributed by atoms with Gasteiger partial charge in [0.25, 0.3) is 5.91 Å². The summed E-state index contributed by atoms with van der Waals surface area (Å²) in [5.41, 5.74) is 1.66. The third-order valence-corrected chi connectivity index (χ3v) is 4.44. The van der Waals surface area contributed by atoms with Crippen LogP contribution >= 0.6 is 11.3 Å². The number of carbonyl (C=O) groups is 2. The molecule has 0 fully saturated rings. The first-order valence-electron chi connectivity index (χ1n) is 7.65. The lowest BCUT2D eigenvalue weighted by Gasteiger charge is -2.21.